The standard InChI is InChI=1S/C20H23N5O2S/c1-13-11-24(8-7-21-13)19(26)17-10-22-25(14(17)2)20-23-18(12-28-20)15-5-4-6-16(9-15)27-3/h4-6,9-10,12-13,21H,7-8,11H2,1-3H3. The summed E-state index contributed by atoms with van der Waals surface area (Å²) in [6.07, 6.45) is 1.65. The van der Waals surface area contributed by atoms with Gasteiger partial charge in [0.1, 0.15) is 5.75 Å². The molecule has 1 N–H and O–H groups in total. The monoisotopic (exact) mass is 397 g/mol. The molecule has 1 atom stereocenters. The van der Waals surface area contributed by atoms with Gasteiger partial charge in [-0.2, -0.15) is 5.10 Å². The number of nitrogens with zero attached hydrogens (tertiary/aromatic N) is 4. The van der Waals surface area contributed by atoms with E-state index in [1.54, 1.807) is 18.0 Å². The molecule has 1 saturated heterocycles. The van der Waals surface area contributed by atoms with Gasteiger partial charge in [-0.1, -0.05) is 12.1 Å². The lowest BCUT2D eigenvalue weighted by Crippen LogP contribution is -2.51. The van der Waals surface area contributed by atoms with Crippen molar-refractivity contribution in [2.45, 2.75) is 19.9 Å². The van der Waals surface area contributed by atoms with E-state index >= 15 is 0 Å². The van der Waals surface area contributed by atoms with E-state index in [0.717, 1.165) is 34.4 Å². The fourth-order valence-electron chi connectivity index (χ4n) is 3.38. The Labute approximate surface area is 168 Å². The van der Waals surface area contributed by atoms with E-state index in [4.69, 9.17) is 9.72 Å². The SMILES string of the molecule is COc1cccc(-c2csc(-n3ncc(C(=O)N4CCNC(C)C4)c3C)n2)c1. The van der Waals surface area contributed by atoms with E-state index in [1.165, 1.54) is 11.3 Å². The predicted molar refractivity (Wildman–Crippen MR) is 109 cm³/mol. The molecule has 0 radical (unpaired) electrons. The van der Waals surface area contributed by atoms with Crippen LogP contribution >= 0.6 is 11.3 Å². The van der Waals surface area contributed by atoms with Crippen molar-refractivity contribution in [1.29, 1.82) is 0 Å². The van der Waals surface area contributed by atoms with Gasteiger partial charge >= 0.3 is 0 Å². The molecule has 1 aromatic carbocycles. The van der Waals surface area contributed by atoms with Gasteiger partial charge in [-0.25, -0.2) is 9.67 Å². The molecule has 8 heteroatoms. The van der Waals surface area contributed by atoms with Crippen LogP contribution in [0.3, 0.4) is 0 Å². The summed E-state index contributed by atoms with van der Waals surface area (Å²) in [6, 6.07) is 8.10. The highest BCUT2D eigenvalue weighted by Crippen LogP contribution is 2.27. The van der Waals surface area contributed by atoms with Crippen molar-refractivity contribution in [3.05, 3.63) is 47.1 Å². The van der Waals surface area contributed by atoms with Crippen LogP contribution in [0.15, 0.2) is 35.8 Å². The summed E-state index contributed by atoms with van der Waals surface area (Å²) in [5.74, 6) is 0.821. The molecule has 0 saturated carbocycles. The fourth-order valence-corrected chi connectivity index (χ4v) is 4.22. The molecule has 28 heavy (non-hydrogen) atoms. The van der Waals surface area contributed by atoms with Crippen molar-refractivity contribution in [3.8, 4) is 22.1 Å². The minimum atomic E-state index is 0.0293. The number of ether oxygens (including phenoxy) is 1. The normalized spacial score (nSPS) is 17.0. The van der Waals surface area contributed by atoms with Gasteiger partial charge in [0.05, 0.1) is 30.3 Å². The van der Waals surface area contributed by atoms with E-state index in [1.807, 2.05) is 41.5 Å². The van der Waals surface area contributed by atoms with E-state index in [-0.39, 0.29) is 5.91 Å². The number of hydrogen-bond acceptors (Lipinski definition) is 6. The van der Waals surface area contributed by atoms with Crippen LogP contribution in [-0.4, -0.2) is 58.4 Å². The first kappa shape index (κ1) is 18.6. The number of piperazine rings is 1. The van der Waals surface area contributed by atoms with E-state index in [2.05, 4.69) is 17.3 Å². The molecule has 1 unspecified atom stereocenters. The zero-order valence-electron chi connectivity index (χ0n) is 16.2. The maximum Gasteiger partial charge on any atom is 0.257 e. The van der Waals surface area contributed by atoms with Crippen LogP contribution in [-0.2, 0) is 0 Å². The van der Waals surface area contributed by atoms with Crippen molar-refractivity contribution < 1.29 is 9.53 Å². The molecule has 0 spiro atoms. The first-order valence-corrected chi connectivity index (χ1v) is 10.1. The fraction of sp³-hybridized carbons (Fsp3) is 0.350. The quantitative estimate of drug-likeness (QED) is 0.733. The van der Waals surface area contributed by atoms with Crippen molar-refractivity contribution >= 4 is 17.2 Å². The van der Waals surface area contributed by atoms with Crippen molar-refractivity contribution in [2.24, 2.45) is 0 Å². The van der Waals surface area contributed by atoms with E-state index < -0.39 is 0 Å². The molecule has 3 heterocycles. The van der Waals surface area contributed by atoms with Gasteiger partial charge in [0.25, 0.3) is 5.91 Å². The molecular formula is C20H23N5O2S. The zero-order chi connectivity index (χ0) is 19.7. The van der Waals surface area contributed by atoms with Gasteiger partial charge in [0, 0.05) is 36.6 Å². The van der Waals surface area contributed by atoms with Crippen molar-refractivity contribution in [1.82, 2.24) is 25.0 Å². The summed E-state index contributed by atoms with van der Waals surface area (Å²) in [7, 11) is 1.65. The average Bonchev–Trinajstić information content (AvgIpc) is 3.34. The first-order chi connectivity index (χ1) is 13.6. The number of aromatic nitrogens is 3. The van der Waals surface area contributed by atoms with E-state index in [0.29, 0.717) is 24.7 Å². The molecule has 1 fully saturated rings. The topological polar surface area (TPSA) is 72.3 Å². The van der Waals surface area contributed by atoms with Gasteiger partial charge in [-0.15, -0.1) is 11.3 Å². The Hall–Kier alpha value is -2.71. The number of nitrogens with one attached hydrogen (secondary N) is 1. The highest BCUT2D eigenvalue weighted by Gasteiger charge is 2.25. The lowest BCUT2D eigenvalue weighted by atomic mass is 10.1. The number of hydrogen-bond donors (Lipinski definition) is 1. The first-order valence-electron chi connectivity index (χ1n) is 9.24. The van der Waals surface area contributed by atoms with Gasteiger partial charge < -0.3 is 15.0 Å². The van der Waals surface area contributed by atoms with Crippen LogP contribution in [0.4, 0.5) is 0 Å². The van der Waals surface area contributed by atoms with Crippen LogP contribution in [0.1, 0.15) is 23.0 Å². The van der Waals surface area contributed by atoms with Gasteiger partial charge in [0.15, 0.2) is 0 Å². The summed E-state index contributed by atoms with van der Waals surface area (Å²) in [5.41, 5.74) is 3.28. The van der Waals surface area contributed by atoms with Crippen LogP contribution in [0.5, 0.6) is 5.75 Å². The Morgan fingerprint density at radius 1 is 1.39 bits per heavy atom. The van der Waals surface area contributed by atoms with Crippen molar-refractivity contribution in [2.75, 3.05) is 26.7 Å². The van der Waals surface area contributed by atoms with E-state index in [9.17, 15) is 4.79 Å². The zero-order valence-corrected chi connectivity index (χ0v) is 17.0. The summed E-state index contributed by atoms with van der Waals surface area (Å²) in [5, 5.41) is 10.5. The maximum absolute atomic E-state index is 12.9. The Kier molecular flexibility index (Phi) is 5.15. The molecular weight excluding hydrogens is 374 g/mol. The Morgan fingerprint density at radius 2 is 2.25 bits per heavy atom. The number of methoxy groups -OCH3 is 1. The highest BCUT2D eigenvalue weighted by molar-refractivity contribution is 7.12. The minimum Gasteiger partial charge on any atom is -0.497 e. The molecule has 4 rings (SSSR count). The van der Waals surface area contributed by atoms with Crippen LogP contribution < -0.4 is 10.1 Å². The number of thiazole rings is 1. The third-order valence-electron chi connectivity index (χ3n) is 4.93. The Balaban J connectivity index is 1.59. The second-order valence-corrected chi connectivity index (χ2v) is 7.75. The smallest absolute Gasteiger partial charge is 0.257 e. The van der Waals surface area contributed by atoms with Gasteiger partial charge in [-0.05, 0) is 26.0 Å². The number of carbonyl (C=O) groups is 1. The molecule has 0 aliphatic carbocycles. The molecule has 7 nitrogen and oxygen atoms in total. The second-order valence-electron chi connectivity index (χ2n) is 6.91. The molecule has 2 aromatic heterocycles. The molecule has 1 aliphatic rings. The third-order valence-corrected chi connectivity index (χ3v) is 5.75. The van der Waals surface area contributed by atoms with Crippen LogP contribution in [0, 0.1) is 6.92 Å². The lowest BCUT2D eigenvalue weighted by Gasteiger charge is -2.31. The number of carbonyl (C=O) groups excluding carboxylic acids is 1. The summed E-state index contributed by atoms with van der Waals surface area (Å²) in [6.45, 7) is 6.24. The number of benzene rings is 1. The Bertz CT molecular complexity index is 996. The van der Waals surface area contributed by atoms with Crippen LogP contribution in [0.25, 0.3) is 16.4 Å². The molecule has 0 bridgehead atoms. The molecule has 1 amide bonds. The minimum absolute atomic E-state index is 0.0293. The van der Waals surface area contributed by atoms with Gasteiger partial charge in [0.2, 0.25) is 5.13 Å². The largest absolute Gasteiger partial charge is 0.497 e. The highest BCUT2D eigenvalue weighted by atomic mass is 32.1. The maximum atomic E-state index is 12.9. The van der Waals surface area contributed by atoms with Crippen LogP contribution in [0.2, 0.25) is 0 Å². The summed E-state index contributed by atoms with van der Waals surface area (Å²) >= 11 is 1.50. The van der Waals surface area contributed by atoms with Gasteiger partial charge in [-0.3, -0.25) is 4.79 Å². The summed E-state index contributed by atoms with van der Waals surface area (Å²) < 4.78 is 7.04. The predicted octanol–water partition coefficient (Wildman–Crippen LogP) is 2.75. The third kappa shape index (κ3) is 3.53. The van der Waals surface area contributed by atoms with Crippen molar-refractivity contribution in [3.63, 3.8) is 0 Å². The number of rotatable bonds is 4. The second kappa shape index (κ2) is 7.73. The summed E-state index contributed by atoms with van der Waals surface area (Å²) in [4.78, 5) is 19.5. The molecule has 1 aliphatic heterocycles. The average molecular weight is 398 g/mol. The molecule has 146 valence electrons. The lowest BCUT2D eigenvalue weighted by molar-refractivity contribution is 0.0708. The number of amides is 1. The Morgan fingerprint density at radius 3 is 3.04 bits per heavy atom. The molecule has 3 aromatic rings.